The number of rotatable bonds is 4. The lowest BCUT2D eigenvalue weighted by molar-refractivity contribution is -0.121. The van der Waals surface area contributed by atoms with Gasteiger partial charge in [0.25, 0.3) is 0 Å². The van der Waals surface area contributed by atoms with Crippen LogP contribution in [0.1, 0.15) is 23.7 Å². The molecule has 3 rings (SSSR count). The fraction of sp³-hybridized carbons (Fsp3) is 0.400. The SMILES string of the molecule is CNC(=O)CC1CN(Cc2cccnc2)Cc2ccnn21. The second-order valence-electron chi connectivity index (χ2n) is 5.33. The van der Waals surface area contributed by atoms with E-state index >= 15 is 0 Å². The van der Waals surface area contributed by atoms with Crippen molar-refractivity contribution in [2.24, 2.45) is 0 Å². The van der Waals surface area contributed by atoms with Crippen LogP contribution >= 0.6 is 0 Å². The summed E-state index contributed by atoms with van der Waals surface area (Å²) in [5.41, 5.74) is 2.34. The quantitative estimate of drug-likeness (QED) is 0.909. The summed E-state index contributed by atoms with van der Waals surface area (Å²) in [4.78, 5) is 18.2. The Balaban J connectivity index is 1.75. The van der Waals surface area contributed by atoms with Crippen molar-refractivity contribution >= 4 is 5.91 Å². The van der Waals surface area contributed by atoms with Crippen LogP contribution in [0, 0.1) is 0 Å². The highest BCUT2D eigenvalue weighted by molar-refractivity contribution is 5.76. The molecule has 0 spiro atoms. The van der Waals surface area contributed by atoms with E-state index in [9.17, 15) is 4.79 Å². The smallest absolute Gasteiger partial charge is 0.221 e. The third-order valence-corrected chi connectivity index (χ3v) is 3.78. The Morgan fingerprint density at radius 3 is 3.10 bits per heavy atom. The number of nitrogens with zero attached hydrogens (tertiary/aromatic N) is 4. The molecule has 1 atom stereocenters. The highest BCUT2D eigenvalue weighted by Gasteiger charge is 2.27. The predicted molar refractivity (Wildman–Crippen MR) is 78.3 cm³/mol. The lowest BCUT2D eigenvalue weighted by Crippen LogP contribution is -2.39. The molecule has 2 aromatic rings. The summed E-state index contributed by atoms with van der Waals surface area (Å²) in [6, 6.07) is 6.13. The van der Waals surface area contributed by atoms with Crippen molar-refractivity contribution in [3.8, 4) is 0 Å². The number of fused-ring (bicyclic) bond motifs is 1. The van der Waals surface area contributed by atoms with Crippen LogP contribution in [-0.2, 0) is 17.9 Å². The van der Waals surface area contributed by atoms with Gasteiger partial charge in [-0.1, -0.05) is 6.07 Å². The van der Waals surface area contributed by atoms with Crippen molar-refractivity contribution in [3.63, 3.8) is 0 Å². The van der Waals surface area contributed by atoms with Crippen molar-refractivity contribution < 1.29 is 4.79 Å². The molecule has 6 nitrogen and oxygen atoms in total. The highest BCUT2D eigenvalue weighted by atomic mass is 16.1. The largest absolute Gasteiger partial charge is 0.359 e. The molecule has 0 bridgehead atoms. The molecule has 2 aromatic heterocycles. The first-order valence-electron chi connectivity index (χ1n) is 7.10. The second-order valence-corrected chi connectivity index (χ2v) is 5.33. The average Bonchev–Trinajstić information content (AvgIpc) is 2.97. The Kier molecular flexibility index (Phi) is 3.96. The summed E-state index contributed by atoms with van der Waals surface area (Å²) in [6.45, 7) is 2.50. The van der Waals surface area contributed by atoms with E-state index in [1.807, 2.05) is 23.0 Å². The van der Waals surface area contributed by atoms with Gasteiger partial charge in [-0.05, 0) is 17.7 Å². The molecule has 1 aliphatic rings. The van der Waals surface area contributed by atoms with E-state index in [1.165, 1.54) is 5.56 Å². The van der Waals surface area contributed by atoms with E-state index in [1.54, 1.807) is 19.4 Å². The Hall–Kier alpha value is -2.21. The fourth-order valence-corrected chi connectivity index (χ4v) is 2.80. The standard InChI is InChI=1S/C15H19N5O/c1-16-15(21)7-14-11-19(9-12-3-2-5-17-8-12)10-13-4-6-18-20(13)14/h2-6,8,14H,7,9-11H2,1H3,(H,16,21). The molecule has 3 heterocycles. The van der Waals surface area contributed by atoms with Gasteiger partial charge in [-0.15, -0.1) is 0 Å². The Bertz CT molecular complexity index is 610. The lowest BCUT2D eigenvalue weighted by Gasteiger charge is -2.33. The van der Waals surface area contributed by atoms with Gasteiger partial charge in [-0.2, -0.15) is 5.10 Å². The summed E-state index contributed by atoms with van der Waals surface area (Å²) in [5.74, 6) is 0.0460. The highest BCUT2D eigenvalue weighted by Crippen LogP contribution is 2.24. The number of amides is 1. The Morgan fingerprint density at radius 1 is 1.43 bits per heavy atom. The van der Waals surface area contributed by atoms with Crippen LogP contribution in [0.2, 0.25) is 0 Å². The molecule has 0 saturated heterocycles. The molecule has 0 radical (unpaired) electrons. The first-order chi connectivity index (χ1) is 10.3. The lowest BCUT2D eigenvalue weighted by atomic mass is 10.1. The summed E-state index contributed by atoms with van der Waals surface area (Å²) < 4.78 is 1.98. The summed E-state index contributed by atoms with van der Waals surface area (Å²) in [6.07, 6.45) is 5.93. The summed E-state index contributed by atoms with van der Waals surface area (Å²) >= 11 is 0. The molecule has 0 saturated carbocycles. The third kappa shape index (κ3) is 3.11. The van der Waals surface area contributed by atoms with E-state index in [2.05, 4.69) is 26.4 Å². The van der Waals surface area contributed by atoms with Gasteiger partial charge in [0.15, 0.2) is 0 Å². The van der Waals surface area contributed by atoms with Crippen LogP contribution in [-0.4, -0.2) is 39.2 Å². The van der Waals surface area contributed by atoms with Gasteiger partial charge in [0, 0.05) is 45.3 Å². The zero-order valence-corrected chi connectivity index (χ0v) is 12.1. The minimum atomic E-state index is 0.0460. The minimum Gasteiger partial charge on any atom is -0.359 e. The number of carbonyl (C=O) groups excluding carboxylic acids is 1. The topological polar surface area (TPSA) is 63.1 Å². The molecule has 0 aliphatic carbocycles. The molecule has 6 heteroatoms. The van der Waals surface area contributed by atoms with Crippen LogP contribution < -0.4 is 5.32 Å². The third-order valence-electron chi connectivity index (χ3n) is 3.78. The molecule has 1 amide bonds. The minimum absolute atomic E-state index is 0.0460. The molecular weight excluding hydrogens is 266 g/mol. The molecular formula is C15H19N5O. The normalized spacial score (nSPS) is 18.2. The van der Waals surface area contributed by atoms with E-state index in [-0.39, 0.29) is 11.9 Å². The first-order valence-corrected chi connectivity index (χ1v) is 7.10. The van der Waals surface area contributed by atoms with Gasteiger partial charge in [-0.25, -0.2) is 0 Å². The number of nitrogens with one attached hydrogen (secondary N) is 1. The van der Waals surface area contributed by atoms with Gasteiger partial charge >= 0.3 is 0 Å². The second kappa shape index (κ2) is 6.05. The van der Waals surface area contributed by atoms with Crippen LogP contribution in [0.15, 0.2) is 36.8 Å². The van der Waals surface area contributed by atoms with E-state index in [0.29, 0.717) is 6.42 Å². The number of aromatic nitrogens is 3. The Labute approximate surface area is 123 Å². The van der Waals surface area contributed by atoms with Crippen molar-refractivity contribution in [2.45, 2.75) is 25.6 Å². The Morgan fingerprint density at radius 2 is 2.33 bits per heavy atom. The number of hydrogen-bond donors (Lipinski definition) is 1. The maximum atomic E-state index is 11.7. The van der Waals surface area contributed by atoms with Gasteiger partial charge in [0.05, 0.1) is 18.2 Å². The first kappa shape index (κ1) is 13.8. The predicted octanol–water partition coefficient (Wildman–Crippen LogP) is 0.971. The molecule has 1 aliphatic heterocycles. The molecule has 0 fully saturated rings. The molecule has 110 valence electrons. The average molecular weight is 285 g/mol. The van der Waals surface area contributed by atoms with E-state index in [4.69, 9.17) is 0 Å². The zero-order chi connectivity index (χ0) is 14.7. The molecule has 21 heavy (non-hydrogen) atoms. The van der Waals surface area contributed by atoms with Crippen LogP contribution in [0.4, 0.5) is 0 Å². The van der Waals surface area contributed by atoms with Crippen LogP contribution in [0.25, 0.3) is 0 Å². The maximum absolute atomic E-state index is 11.7. The van der Waals surface area contributed by atoms with E-state index in [0.717, 1.165) is 25.3 Å². The van der Waals surface area contributed by atoms with Crippen molar-refractivity contribution in [1.29, 1.82) is 0 Å². The van der Waals surface area contributed by atoms with Crippen molar-refractivity contribution in [2.75, 3.05) is 13.6 Å². The number of carbonyl (C=O) groups is 1. The van der Waals surface area contributed by atoms with Crippen LogP contribution in [0.5, 0.6) is 0 Å². The molecule has 1 N–H and O–H groups in total. The van der Waals surface area contributed by atoms with Gasteiger partial charge in [0.1, 0.15) is 0 Å². The monoisotopic (exact) mass is 285 g/mol. The van der Waals surface area contributed by atoms with Gasteiger partial charge < -0.3 is 5.32 Å². The molecule has 0 aromatic carbocycles. The summed E-state index contributed by atoms with van der Waals surface area (Å²) in [7, 11) is 1.67. The number of hydrogen-bond acceptors (Lipinski definition) is 4. The van der Waals surface area contributed by atoms with Crippen LogP contribution in [0.3, 0.4) is 0 Å². The summed E-state index contributed by atoms with van der Waals surface area (Å²) in [5, 5.41) is 7.06. The van der Waals surface area contributed by atoms with Gasteiger partial charge in [0.2, 0.25) is 5.91 Å². The maximum Gasteiger partial charge on any atom is 0.221 e. The zero-order valence-electron chi connectivity index (χ0n) is 12.1. The van der Waals surface area contributed by atoms with Crippen molar-refractivity contribution in [1.82, 2.24) is 25.0 Å². The number of pyridine rings is 1. The molecule has 1 unspecified atom stereocenters. The van der Waals surface area contributed by atoms with E-state index < -0.39 is 0 Å². The fourth-order valence-electron chi connectivity index (χ4n) is 2.80. The van der Waals surface area contributed by atoms with Crippen molar-refractivity contribution in [3.05, 3.63) is 48.0 Å². The van der Waals surface area contributed by atoms with Gasteiger partial charge in [-0.3, -0.25) is 19.4 Å².